The minimum atomic E-state index is -0.450. The van der Waals surface area contributed by atoms with Crippen molar-refractivity contribution in [1.29, 1.82) is 0 Å². The van der Waals surface area contributed by atoms with E-state index in [1.807, 2.05) is 18.2 Å². The van der Waals surface area contributed by atoms with Gasteiger partial charge in [0.05, 0.1) is 25.6 Å². The van der Waals surface area contributed by atoms with E-state index in [-0.39, 0.29) is 11.9 Å². The highest BCUT2D eigenvalue weighted by Crippen LogP contribution is 2.40. The molecule has 0 radical (unpaired) electrons. The smallest absolute Gasteiger partial charge is 0.316 e. The number of rotatable bonds is 9. The molecule has 3 heteroatoms. The number of benzene rings is 1. The summed E-state index contributed by atoms with van der Waals surface area (Å²) in [5.74, 6) is 0.231. The fourth-order valence-electron chi connectivity index (χ4n) is 3.90. The Morgan fingerprint density at radius 1 is 1.24 bits per heavy atom. The lowest BCUT2D eigenvalue weighted by Crippen LogP contribution is -2.79. The molecule has 0 spiro atoms. The normalized spacial score (nSPS) is 17.7. The molecule has 1 saturated carbocycles. The summed E-state index contributed by atoms with van der Waals surface area (Å²) < 4.78 is 5.91. The minimum Gasteiger partial charge on any atom is -0.464 e. The quantitative estimate of drug-likeness (QED) is 0.549. The third-order valence-electron chi connectivity index (χ3n) is 5.68. The van der Waals surface area contributed by atoms with Gasteiger partial charge in [-0.25, -0.2) is 0 Å². The largest absolute Gasteiger partial charge is 0.464 e. The summed E-state index contributed by atoms with van der Waals surface area (Å²) in [5.41, 5.74) is 1.86. The van der Waals surface area contributed by atoms with Crippen molar-refractivity contribution < 1.29 is 14.8 Å². The molecule has 138 valence electrons. The summed E-state index contributed by atoms with van der Waals surface area (Å²) in [6, 6.07) is 10.2. The molecule has 1 atom stereocenters. The molecule has 1 aromatic rings. The van der Waals surface area contributed by atoms with Gasteiger partial charge in [0.1, 0.15) is 0 Å². The van der Waals surface area contributed by atoms with Gasteiger partial charge in [0, 0.05) is 12.3 Å². The van der Waals surface area contributed by atoms with Crippen LogP contribution in [0.25, 0.3) is 0 Å². The van der Waals surface area contributed by atoms with Gasteiger partial charge in [0.2, 0.25) is 0 Å². The molecule has 0 amide bonds. The van der Waals surface area contributed by atoms with Gasteiger partial charge in [-0.15, -0.1) is 0 Å². The summed E-state index contributed by atoms with van der Waals surface area (Å²) in [6.07, 6.45) is 7.16. The van der Waals surface area contributed by atoms with Crippen molar-refractivity contribution in [3.63, 3.8) is 0 Å². The van der Waals surface area contributed by atoms with Crippen LogP contribution in [-0.4, -0.2) is 26.2 Å². The molecule has 2 N–H and O–H groups in total. The van der Waals surface area contributed by atoms with Crippen molar-refractivity contribution in [2.45, 2.75) is 57.3 Å². The van der Waals surface area contributed by atoms with Gasteiger partial charge in [-0.05, 0) is 24.8 Å². The van der Waals surface area contributed by atoms with Crippen LogP contribution in [0.3, 0.4) is 0 Å². The molecule has 25 heavy (non-hydrogen) atoms. The van der Waals surface area contributed by atoms with Gasteiger partial charge in [-0.3, -0.25) is 4.79 Å². The van der Waals surface area contributed by atoms with Crippen LogP contribution in [0, 0.1) is 5.92 Å². The zero-order valence-electron chi connectivity index (χ0n) is 15.9. The first-order valence-electron chi connectivity index (χ1n) is 9.82. The molecule has 0 heterocycles. The Morgan fingerprint density at radius 2 is 1.92 bits per heavy atom. The molecular formula is C22H34NO2+. The van der Waals surface area contributed by atoms with Gasteiger partial charge in [0.15, 0.2) is 0 Å². The molecule has 0 aliphatic heterocycles. The van der Waals surface area contributed by atoms with E-state index < -0.39 is 5.41 Å². The Bertz CT molecular complexity index is 546. The third kappa shape index (κ3) is 4.94. The number of carbonyl (C=O) groups is 1. The zero-order valence-corrected chi connectivity index (χ0v) is 15.9. The van der Waals surface area contributed by atoms with Crippen LogP contribution in [0.15, 0.2) is 42.5 Å². The first-order valence-corrected chi connectivity index (χ1v) is 9.82. The van der Waals surface area contributed by atoms with Crippen LogP contribution in [0.5, 0.6) is 0 Å². The van der Waals surface area contributed by atoms with Gasteiger partial charge < -0.3 is 10.1 Å². The number of hydrogen-bond acceptors (Lipinski definition) is 2. The summed E-state index contributed by atoms with van der Waals surface area (Å²) in [4.78, 5) is 13.1. The second kappa shape index (κ2) is 9.76. The second-order valence-electron chi connectivity index (χ2n) is 7.30. The lowest BCUT2D eigenvalue weighted by atomic mass is 9.69. The lowest BCUT2D eigenvalue weighted by molar-refractivity contribution is -0.627. The molecule has 0 saturated heterocycles. The minimum absolute atomic E-state index is 0.0345. The molecule has 2 rings (SSSR count). The maximum absolute atomic E-state index is 13.1. The number of hydrogen-bond donors (Lipinski definition) is 1. The zero-order chi connectivity index (χ0) is 18.1. The van der Waals surface area contributed by atoms with Crippen LogP contribution in [0.1, 0.15) is 57.4 Å². The maximum atomic E-state index is 13.1. The Balaban J connectivity index is 2.10. The molecule has 0 bridgehead atoms. The number of quaternary nitrogens is 1. The molecule has 1 aliphatic rings. The average Bonchev–Trinajstić information content (AvgIpc) is 2.68. The Morgan fingerprint density at radius 3 is 2.52 bits per heavy atom. The predicted octanol–water partition coefficient (Wildman–Crippen LogP) is 3.60. The van der Waals surface area contributed by atoms with Crippen molar-refractivity contribution in [2.24, 2.45) is 5.92 Å². The van der Waals surface area contributed by atoms with Crippen LogP contribution < -0.4 is 5.32 Å². The number of esters is 1. The van der Waals surface area contributed by atoms with E-state index in [4.69, 9.17) is 4.74 Å². The van der Waals surface area contributed by atoms with Gasteiger partial charge in [0.25, 0.3) is 0 Å². The molecule has 1 aromatic carbocycles. The highest BCUT2D eigenvalue weighted by Gasteiger charge is 2.42. The first-order chi connectivity index (χ1) is 12.1. The Labute approximate surface area is 152 Å². The van der Waals surface area contributed by atoms with E-state index in [9.17, 15) is 4.79 Å². The average molecular weight is 345 g/mol. The summed E-state index contributed by atoms with van der Waals surface area (Å²) in [5, 5.41) is 2.17. The lowest BCUT2D eigenvalue weighted by Gasteiger charge is -2.36. The topological polar surface area (TPSA) is 42.9 Å². The second-order valence-corrected chi connectivity index (χ2v) is 7.30. The summed E-state index contributed by atoms with van der Waals surface area (Å²) in [6.45, 7) is 7.81. The Kier molecular flexibility index (Phi) is 7.70. The van der Waals surface area contributed by atoms with Crippen molar-refractivity contribution in [3.05, 3.63) is 48.0 Å². The van der Waals surface area contributed by atoms with E-state index in [2.05, 4.69) is 38.0 Å². The third-order valence-corrected chi connectivity index (χ3v) is 5.68. The van der Waals surface area contributed by atoms with E-state index in [1.165, 1.54) is 12.0 Å². The van der Waals surface area contributed by atoms with Gasteiger partial charge in [-0.1, -0.05) is 68.7 Å². The maximum Gasteiger partial charge on any atom is 0.316 e. The monoisotopic (exact) mass is 344 g/mol. The van der Waals surface area contributed by atoms with Crippen molar-refractivity contribution in [2.75, 3.05) is 20.2 Å². The molecule has 1 fully saturated rings. The van der Waals surface area contributed by atoms with Gasteiger partial charge >= 0.3 is 5.97 Å². The van der Waals surface area contributed by atoms with Crippen molar-refractivity contribution in [1.82, 2.24) is 0 Å². The highest BCUT2D eigenvalue weighted by molar-refractivity contribution is 5.83. The van der Waals surface area contributed by atoms with E-state index >= 15 is 0 Å². The highest BCUT2D eigenvalue weighted by atomic mass is 16.5. The standard InChI is InChI=1S/C22H33NO2/c1-4-18(2)19(13-16-23-3)17-25-21(24)22(14-9-6-10-15-22)20-11-7-5-8-12-20/h5,7-8,11-12,19,23H,2,4,6,9-10,13-17H2,1,3H3/p+1. The van der Waals surface area contributed by atoms with Crippen molar-refractivity contribution in [3.8, 4) is 0 Å². The van der Waals surface area contributed by atoms with E-state index in [1.54, 1.807) is 0 Å². The van der Waals surface area contributed by atoms with E-state index in [0.29, 0.717) is 6.61 Å². The number of ether oxygens (including phenoxy) is 1. The van der Waals surface area contributed by atoms with Crippen LogP contribution in [-0.2, 0) is 14.9 Å². The first kappa shape index (κ1) is 19.7. The number of carbonyl (C=O) groups excluding carboxylic acids is 1. The van der Waals surface area contributed by atoms with E-state index in [0.717, 1.165) is 50.6 Å². The number of nitrogens with two attached hydrogens (primary N) is 1. The SMILES string of the molecule is C=C(CC)C(CC[NH2+]C)COC(=O)C1(c2ccccc2)CCCCC1. The van der Waals surface area contributed by atoms with Crippen LogP contribution in [0.2, 0.25) is 0 Å². The van der Waals surface area contributed by atoms with Crippen molar-refractivity contribution >= 4 is 5.97 Å². The Hall–Kier alpha value is -1.61. The molecule has 0 aromatic heterocycles. The molecule has 1 unspecified atom stereocenters. The summed E-state index contributed by atoms with van der Waals surface area (Å²) >= 11 is 0. The molecule has 3 nitrogen and oxygen atoms in total. The predicted molar refractivity (Wildman–Crippen MR) is 102 cm³/mol. The summed E-state index contributed by atoms with van der Waals surface area (Å²) in [7, 11) is 2.07. The molecular weight excluding hydrogens is 310 g/mol. The molecule has 1 aliphatic carbocycles. The van der Waals surface area contributed by atoms with Crippen LogP contribution in [0.4, 0.5) is 0 Å². The fourth-order valence-corrected chi connectivity index (χ4v) is 3.90. The van der Waals surface area contributed by atoms with Crippen LogP contribution >= 0.6 is 0 Å². The van der Waals surface area contributed by atoms with Gasteiger partial charge in [-0.2, -0.15) is 0 Å². The fraction of sp³-hybridized carbons (Fsp3) is 0.591.